The number of ether oxygens (including phenoxy) is 1. The van der Waals surface area contributed by atoms with Crippen LogP contribution in [-0.2, 0) is 4.79 Å². The van der Waals surface area contributed by atoms with Gasteiger partial charge in [-0.3, -0.25) is 4.79 Å². The van der Waals surface area contributed by atoms with Crippen LogP contribution in [0.2, 0.25) is 0 Å². The quantitative estimate of drug-likeness (QED) is 0.780. The van der Waals surface area contributed by atoms with Crippen molar-refractivity contribution in [1.29, 1.82) is 0 Å². The second-order valence-corrected chi connectivity index (χ2v) is 5.70. The summed E-state index contributed by atoms with van der Waals surface area (Å²) in [7, 11) is 0. The molecule has 4 nitrogen and oxygen atoms in total. The van der Waals surface area contributed by atoms with Crippen molar-refractivity contribution in [3.63, 3.8) is 0 Å². The van der Waals surface area contributed by atoms with Crippen molar-refractivity contribution in [2.45, 2.75) is 12.8 Å². The summed E-state index contributed by atoms with van der Waals surface area (Å²) in [5, 5.41) is 3.47. The van der Waals surface area contributed by atoms with Crippen LogP contribution in [0.4, 0.5) is 5.69 Å². The SMILES string of the molecule is NC(=O)COc1cccc(NCC2CC3C=CC2C3)c1. The number of carbonyl (C=O) groups is 1. The summed E-state index contributed by atoms with van der Waals surface area (Å²) >= 11 is 0. The van der Waals surface area contributed by atoms with Gasteiger partial charge in [-0.2, -0.15) is 0 Å². The third kappa shape index (κ3) is 2.95. The summed E-state index contributed by atoms with van der Waals surface area (Å²) in [5.41, 5.74) is 6.10. The van der Waals surface area contributed by atoms with E-state index < -0.39 is 5.91 Å². The zero-order valence-corrected chi connectivity index (χ0v) is 11.4. The Kier molecular flexibility index (Phi) is 3.63. The zero-order valence-electron chi connectivity index (χ0n) is 11.4. The van der Waals surface area contributed by atoms with Gasteiger partial charge in [-0.1, -0.05) is 18.2 Å². The minimum Gasteiger partial charge on any atom is -0.484 e. The van der Waals surface area contributed by atoms with E-state index in [4.69, 9.17) is 10.5 Å². The van der Waals surface area contributed by atoms with E-state index in [1.165, 1.54) is 12.8 Å². The van der Waals surface area contributed by atoms with Gasteiger partial charge in [0.05, 0.1) is 0 Å². The van der Waals surface area contributed by atoms with Crippen molar-refractivity contribution in [2.75, 3.05) is 18.5 Å². The van der Waals surface area contributed by atoms with Crippen LogP contribution >= 0.6 is 0 Å². The molecule has 3 rings (SSSR count). The summed E-state index contributed by atoms with van der Waals surface area (Å²) in [6.07, 6.45) is 7.35. The molecular weight excluding hydrogens is 252 g/mol. The molecule has 0 spiro atoms. The van der Waals surface area contributed by atoms with Gasteiger partial charge in [-0.25, -0.2) is 0 Å². The molecule has 3 N–H and O–H groups in total. The second kappa shape index (κ2) is 5.57. The number of hydrogen-bond donors (Lipinski definition) is 2. The van der Waals surface area contributed by atoms with Gasteiger partial charge in [0.1, 0.15) is 5.75 Å². The number of carbonyl (C=O) groups excluding carboxylic acids is 1. The minimum atomic E-state index is -0.461. The first-order valence-corrected chi connectivity index (χ1v) is 7.14. The lowest BCUT2D eigenvalue weighted by molar-refractivity contribution is -0.119. The Bertz CT molecular complexity index is 527. The highest BCUT2D eigenvalue weighted by atomic mass is 16.5. The maximum Gasteiger partial charge on any atom is 0.255 e. The van der Waals surface area contributed by atoms with Crippen molar-refractivity contribution >= 4 is 11.6 Å². The van der Waals surface area contributed by atoms with Crippen molar-refractivity contribution in [3.05, 3.63) is 36.4 Å². The average Bonchev–Trinajstić information content (AvgIpc) is 3.06. The summed E-state index contributed by atoms with van der Waals surface area (Å²) in [6.45, 7) is 0.908. The Morgan fingerprint density at radius 3 is 2.95 bits per heavy atom. The number of fused-ring (bicyclic) bond motifs is 2. The van der Waals surface area contributed by atoms with Gasteiger partial charge in [-0.15, -0.1) is 0 Å². The number of rotatable bonds is 6. The molecule has 0 saturated heterocycles. The molecule has 20 heavy (non-hydrogen) atoms. The average molecular weight is 272 g/mol. The van der Waals surface area contributed by atoms with E-state index >= 15 is 0 Å². The zero-order chi connectivity index (χ0) is 13.9. The first-order valence-electron chi connectivity index (χ1n) is 7.14. The molecule has 2 bridgehead atoms. The summed E-state index contributed by atoms with van der Waals surface area (Å²) in [4.78, 5) is 10.7. The summed E-state index contributed by atoms with van der Waals surface area (Å²) in [6, 6.07) is 7.67. The molecule has 0 radical (unpaired) electrons. The highest BCUT2D eigenvalue weighted by molar-refractivity contribution is 5.75. The number of anilines is 1. The number of hydrogen-bond acceptors (Lipinski definition) is 3. The molecule has 1 aromatic rings. The van der Waals surface area contributed by atoms with Crippen molar-refractivity contribution in [2.24, 2.45) is 23.5 Å². The van der Waals surface area contributed by atoms with E-state index in [0.717, 1.165) is 30.0 Å². The topological polar surface area (TPSA) is 64.4 Å². The molecule has 106 valence electrons. The lowest BCUT2D eigenvalue weighted by Gasteiger charge is -2.19. The molecule has 1 amide bonds. The number of allylic oxidation sites excluding steroid dienone is 2. The number of benzene rings is 1. The monoisotopic (exact) mass is 272 g/mol. The molecule has 4 heteroatoms. The van der Waals surface area contributed by atoms with Gasteiger partial charge >= 0.3 is 0 Å². The third-order valence-electron chi connectivity index (χ3n) is 4.20. The number of nitrogens with one attached hydrogen (secondary N) is 1. The fourth-order valence-electron chi connectivity index (χ4n) is 3.23. The lowest BCUT2D eigenvalue weighted by atomic mass is 9.93. The van der Waals surface area contributed by atoms with Gasteiger partial charge in [0.25, 0.3) is 5.91 Å². The lowest BCUT2D eigenvalue weighted by Crippen LogP contribution is -2.20. The van der Waals surface area contributed by atoms with Crippen LogP contribution in [0, 0.1) is 17.8 Å². The fourth-order valence-corrected chi connectivity index (χ4v) is 3.23. The van der Waals surface area contributed by atoms with Crippen LogP contribution in [0.3, 0.4) is 0 Å². The molecule has 3 atom stereocenters. The smallest absolute Gasteiger partial charge is 0.255 e. The largest absolute Gasteiger partial charge is 0.484 e. The van der Waals surface area contributed by atoms with Crippen LogP contribution in [0.1, 0.15) is 12.8 Å². The highest BCUT2D eigenvalue weighted by Gasteiger charge is 2.35. The van der Waals surface area contributed by atoms with Crippen molar-refractivity contribution in [3.8, 4) is 5.75 Å². The van der Waals surface area contributed by atoms with Gasteiger partial charge in [0.15, 0.2) is 6.61 Å². The van der Waals surface area contributed by atoms with E-state index in [0.29, 0.717) is 5.75 Å². The van der Waals surface area contributed by atoms with E-state index in [9.17, 15) is 4.79 Å². The Balaban J connectivity index is 1.53. The molecule has 2 aliphatic carbocycles. The number of nitrogens with two attached hydrogens (primary N) is 1. The molecule has 3 unspecified atom stereocenters. The third-order valence-corrected chi connectivity index (χ3v) is 4.20. The number of amides is 1. The van der Waals surface area contributed by atoms with Crippen LogP contribution in [0.5, 0.6) is 5.75 Å². The fraction of sp³-hybridized carbons (Fsp3) is 0.438. The predicted octanol–water partition coefficient (Wildman–Crippen LogP) is 2.17. The Labute approximate surface area is 119 Å². The molecule has 0 aromatic heterocycles. The van der Waals surface area contributed by atoms with Crippen LogP contribution in [0.25, 0.3) is 0 Å². The normalized spacial score (nSPS) is 26.7. The first kappa shape index (κ1) is 13.0. The standard InChI is InChI=1S/C16H20N2O2/c17-16(19)10-20-15-3-1-2-14(8-15)18-9-13-7-11-4-5-12(13)6-11/h1-5,8,11-13,18H,6-7,9-10H2,(H2,17,19). The molecule has 0 aliphatic heterocycles. The van der Waals surface area contributed by atoms with Crippen LogP contribution in [-0.4, -0.2) is 19.1 Å². The summed E-state index contributed by atoms with van der Waals surface area (Å²) in [5.74, 6) is 2.50. The van der Waals surface area contributed by atoms with Gasteiger partial charge < -0.3 is 15.8 Å². The molecule has 1 fully saturated rings. The number of primary amides is 1. The van der Waals surface area contributed by atoms with Crippen LogP contribution < -0.4 is 15.8 Å². The minimum absolute atomic E-state index is 0.0827. The van der Waals surface area contributed by atoms with E-state index in [-0.39, 0.29) is 6.61 Å². The summed E-state index contributed by atoms with van der Waals surface area (Å²) < 4.78 is 5.30. The first-order chi connectivity index (χ1) is 9.70. The van der Waals surface area contributed by atoms with E-state index in [1.54, 1.807) is 0 Å². The molecule has 1 saturated carbocycles. The van der Waals surface area contributed by atoms with E-state index in [2.05, 4.69) is 17.5 Å². The maximum atomic E-state index is 10.7. The predicted molar refractivity (Wildman–Crippen MR) is 78.5 cm³/mol. The Morgan fingerprint density at radius 2 is 2.25 bits per heavy atom. The van der Waals surface area contributed by atoms with Crippen molar-refractivity contribution in [1.82, 2.24) is 0 Å². The van der Waals surface area contributed by atoms with Crippen molar-refractivity contribution < 1.29 is 9.53 Å². The van der Waals surface area contributed by atoms with Crippen LogP contribution in [0.15, 0.2) is 36.4 Å². The Hall–Kier alpha value is -1.97. The van der Waals surface area contributed by atoms with E-state index in [1.807, 2.05) is 24.3 Å². The Morgan fingerprint density at radius 1 is 1.35 bits per heavy atom. The highest BCUT2D eigenvalue weighted by Crippen LogP contribution is 2.43. The maximum absolute atomic E-state index is 10.7. The molecule has 0 heterocycles. The van der Waals surface area contributed by atoms with Gasteiger partial charge in [0.2, 0.25) is 0 Å². The molecular formula is C16H20N2O2. The molecule has 2 aliphatic rings. The molecule has 1 aromatic carbocycles. The van der Waals surface area contributed by atoms with Gasteiger partial charge in [-0.05, 0) is 42.7 Å². The second-order valence-electron chi connectivity index (χ2n) is 5.70. The van der Waals surface area contributed by atoms with Gasteiger partial charge in [0, 0.05) is 18.3 Å².